The molecule has 0 radical (unpaired) electrons. The van der Waals surface area contributed by atoms with Gasteiger partial charge in [0, 0.05) is 12.1 Å². The summed E-state index contributed by atoms with van der Waals surface area (Å²) >= 11 is 6.03. The molecule has 2 unspecified atom stereocenters. The van der Waals surface area contributed by atoms with Gasteiger partial charge in [-0.3, -0.25) is 9.78 Å². The highest BCUT2D eigenvalue weighted by atomic mass is 35.5. The Balaban J connectivity index is 2.17. The standard InChI is InChI=1S/C14H18ClNO/c1-9-6-10(2)8-11(7-9)14(17)13-12(15)4-3-5-16-13/h3-5,9-11H,6-8H2,1-2H3. The van der Waals surface area contributed by atoms with Crippen molar-refractivity contribution in [2.45, 2.75) is 33.1 Å². The molecule has 1 saturated carbocycles. The van der Waals surface area contributed by atoms with E-state index in [2.05, 4.69) is 18.8 Å². The zero-order valence-corrected chi connectivity index (χ0v) is 11.1. The van der Waals surface area contributed by atoms with Crippen molar-refractivity contribution in [3.05, 3.63) is 29.0 Å². The highest BCUT2D eigenvalue weighted by Crippen LogP contribution is 2.35. The molecule has 92 valence electrons. The third-order valence-electron chi connectivity index (χ3n) is 3.54. The lowest BCUT2D eigenvalue weighted by molar-refractivity contribution is 0.0831. The van der Waals surface area contributed by atoms with E-state index in [9.17, 15) is 4.79 Å². The monoisotopic (exact) mass is 251 g/mol. The molecule has 2 nitrogen and oxygen atoms in total. The molecule has 2 rings (SSSR count). The van der Waals surface area contributed by atoms with Crippen molar-refractivity contribution in [3.63, 3.8) is 0 Å². The first kappa shape index (κ1) is 12.6. The van der Waals surface area contributed by atoms with E-state index in [0.717, 1.165) is 12.8 Å². The van der Waals surface area contributed by atoms with Crippen LogP contribution in [0.1, 0.15) is 43.6 Å². The molecule has 1 aromatic rings. The second-order valence-electron chi connectivity index (χ2n) is 5.31. The van der Waals surface area contributed by atoms with E-state index in [4.69, 9.17) is 11.6 Å². The Labute approximate surface area is 107 Å². The summed E-state index contributed by atoms with van der Waals surface area (Å²) in [5.74, 6) is 1.46. The first-order chi connectivity index (χ1) is 8.08. The number of Topliss-reactive ketones (excluding diaryl/α,β-unsaturated/α-hetero) is 1. The Hall–Kier alpha value is -0.890. The lowest BCUT2D eigenvalue weighted by atomic mass is 9.74. The quantitative estimate of drug-likeness (QED) is 0.744. The van der Waals surface area contributed by atoms with Crippen LogP contribution >= 0.6 is 11.6 Å². The number of halogens is 1. The zero-order chi connectivity index (χ0) is 12.4. The van der Waals surface area contributed by atoms with Crippen molar-refractivity contribution < 1.29 is 4.79 Å². The van der Waals surface area contributed by atoms with Crippen molar-refractivity contribution in [2.75, 3.05) is 0 Å². The number of nitrogens with zero attached hydrogens (tertiary/aromatic N) is 1. The molecule has 0 bridgehead atoms. The van der Waals surface area contributed by atoms with E-state index in [1.54, 1.807) is 18.3 Å². The minimum Gasteiger partial charge on any atom is -0.292 e. The number of carbonyl (C=O) groups excluding carboxylic acids is 1. The van der Waals surface area contributed by atoms with Crippen LogP contribution in [0.5, 0.6) is 0 Å². The first-order valence-corrected chi connectivity index (χ1v) is 6.60. The van der Waals surface area contributed by atoms with Crippen LogP contribution in [0.4, 0.5) is 0 Å². The van der Waals surface area contributed by atoms with E-state index in [1.165, 1.54) is 6.42 Å². The Kier molecular flexibility index (Phi) is 3.82. The fourth-order valence-electron chi connectivity index (χ4n) is 2.92. The van der Waals surface area contributed by atoms with E-state index in [1.807, 2.05) is 0 Å². The van der Waals surface area contributed by atoms with Crippen LogP contribution in [-0.2, 0) is 0 Å². The summed E-state index contributed by atoms with van der Waals surface area (Å²) < 4.78 is 0. The van der Waals surface area contributed by atoms with Gasteiger partial charge in [0.1, 0.15) is 5.69 Å². The van der Waals surface area contributed by atoms with Gasteiger partial charge in [0.05, 0.1) is 5.02 Å². The van der Waals surface area contributed by atoms with Crippen LogP contribution in [-0.4, -0.2) is 10.8 Å². The largest absolute Gasteiger partial charge is 0.292 e. The van der Waals surface area contributed by atoms with E-state index < -0.39 is 0 Å². The first-order valence-electron chi connectivity index (χ1n) is 6.22. The Morgan fingerprint density at radius 1 is 1.29 bits per heavy atom. The Morgan fingerprint density at radius 3 is 2.53 bits per heavy atom. The normalized spacial score (nSPS) is 29.0. The molecule has 1 fully saturated rings. The summed E-state index contributed by atoms with van der Waals surface area (Å²) in [4.78, 5) is 16.5. The van der Waals surface area contributed by atoms with Gasteiger partial charge in [0.25, 0.3) is 0 Å². The third-order valence-corrected chi connectivity index (χ3v) is 3.85. The predicted molar refractivity (Wildman–Crippen MR) is 69.2 cm³/mol. The average molecular weight is 252 g/mol. The van der Waals surface area contributed by atoms with Gasteiger partial charge in [-0.1, -0.05) is 25.4 Å². The fourth-order valence-corrected chi connectivity index (χ4v) is 3.14. The number of hydrogen-bond donors (Lipinski definition) is 0. The minimum absolute atomic E-state index is 0.0983. The highest BCUT2D eigenvalue weighted by molar-refractivity contribution is 6.33. The van der Waals surface area contributed by atoms with Crippen molar-refractivity contribution in [3.8, 4) is 0 Å². The Bertz CT molecular complexity index is 408. The third kappa shape index (κ3) is 2.86. The maximum Gasteiger partial charge on any atom is 0.185 e. The van der Waals surface area contributed by atoms with Crippen molar-refractivity contribution in [1.29, 1.82) is 0 Å². The van der Waals surface area contributed by atoms with Gasteiger partial charge in [-0.05, 0) is 43.2 Å². The highest BCUT2D eigenvalue weighted by Gasteiger charge is 2.30. The second kappa shape index (κ2) is 5.18. The minimum atomic E-state index is 0.0983. The number of carbonyl (C=O) groups is 1. The summed E-state index contributed by atoms with van der Waals surface area (Å²) in [6.45, 7) is 4.44. The fraction of sp³-hybridized carbons (Fsp3) is 0.571. The van der Waals surface area contributed by atoms with Crippen LogP contribution in [0.3, 0.4) is 0 Å². The molecule has 2 atom stereocenters. The van der Waals surface area contributed by atoms with Gasteiger partial charge >= 0.3 is 0 Å². The molecule has 0 aromatic carbocycles. The molecule has 0 aliphatic heterocycles. The Morgan fingerprint density at radius 2 is 1.94 bits per heavy atom. The number of aromatic nitrogens is 1. The van der Waals surface area contributed by atoms with Crippen LogP contribution in [0.15, 0.2) is 18.3 Å². The molecule has 3 heteroatoms. The lowest BCUT2D eigenvalue weighted by Crippen LogP contribution is -2.26. The molecule has 1 heterocycles. The maximum atomic E-state index is 12.4. The summed E-state index contributed by atoms with van der Waals surface area (Å²) in [6, 6.07) is 3.49. The van der Waals surface area contributed by atoms with Crippen LogP contribution in [0.25, 0.3) is 0 Å². The van der Waals surface area contributed by atoms with Gasteiger partial charge < -0.3 is 0 Å². The summed E-state index contributed by atoms with van der Waals surface area (Å²) in [5, 5.41) is 0.475. The van der Waals surface area contributed by atoms with Gasteiger partial charge in [0.15, 0.2) is 5.78 Å². The molecular formula is C14H18ClNO. The number of hydrogen-bond acceptors (Lipinski definition) is 2. The van der Waals surface area contributed by atoms with Gasteiger partial charge in [-0.15, -0.1) is 0 Å². The molecule has 1 aliphatic carbocycles. The van der Waals surface area contributed by atoms with Crippen molar-refractivity contribution >= 4 is 17.4 Å². The van der Waals surface area contributed by atoms with Crippen LogP contribution < -0.4 is 0 Å². The van der Waals surface area contributed by atoms with Crippen LogP contribution in [0, 0.1) is 17.8 Å². The van der Waals surface area contributed by atoms with E-state index in [0.29, 0.717) is 22.6 Å². The molecule has 0 amide bonds. The van der Waals surface area contributed by atoms with E-state index >= 15 is 0 Å². The molecular weight excluding hydrogens is 234 g/mol. The van der Waals surface area contributed by atoms with Gasteiger partial charge in [-0.25, -0.2) is 0 Å². The number of rotatable bonds is 2. The zero-order valence-electron chi connectivity index (χ0n) is 10.3. The van der Waals surface area contributed by atoms with Gasteiger partial charge in [-0.2, -0.15) is 0 Å². The van der Waals surface area contributed by atoms with Crippen molar-refractivity contribution in [2.24, 2.45) is 17.8 Å². The average Bonchev–Trinajstić information content (AvgIpc) is 2.27. The summed E-state index contributed by atoms with van der Waals surface area (Å²) in [6.07, 6.45) is 4.79. The number of ketones is 1. The summed E-state index contributed by atoms with van der Waals surface area (Å²) in [5.41, 5.74) is 0.445. The van der Waals surface area contributed by atoms with E-state index in [-0.39, 0.29) is 11.7 Å². The molecule has 0 saturated heterocycles. The maximum absolute atomic E-state index is 12.4. The molecule has 17 heavy (non-hydrogen) atoms. The van der Waals surface area contributed by atoms with Gasteiger partial charge in [0.2, 0.25) is 0 Å². The topological polar surface area (TPSA) is 30.0 Å². The second-order valence-corrected chi connectivity index (χ2v) is 5.72. The molecule has 0 spiro atoms. The summed E-state index contributed by atoms with van der Waals surface area (Å²) in [7, 11) is 0. The van der Waals surface area contributed by atoms with Crippen LogP contribution in [0.2, 0.25) is 5.02 Å². The SMILES string of the molecule is CC1CC(C)CC(C(=O)c2ncccc2Cl)C1. The molecule has 0 N–H and O–H groups in total. The molecule has 1 aliphatic rings. The smallest absolute Gasteiger partial charge is 0.185 e. The van der Waals surface area contributed by atoms with Crippen molar-refractivity contribution in [1.82, 2.24) is 4.98 Å². The lowest BCUT2D eigenvalue weighted by Gasteiger charge is -2.30. The number of pyridine rings is 1. The predicted octanol–water partition coefficient (Wildman–Crippen LogP) is 3.99. The molecule has 1 aromatic heterocycles.